The van der Waals surface area contributed by atoms with Gasteiger partial charge >= 0.3 is 5.97 Å². The largest absolute Gasteiger partial charge is 0.459 e. The number of carbonyl (C=O) groups excluding carboxylic acids is 1. The average Bonchev–Trinajstić information content (AvgIpc) is 3.36. The summed E-state index contributed by atoms with van der Waals surface area (Å²) in [5, 5.41) is 95.2. The summed E-state index contributed by atoms with van der Waals surface area (Å²) in [5.74, 6) is -1.12. The molecule has 6 rings (SSSR count). The predicted octanol–water partition coefficient (Wildman–Crippen LogP) is -2.74. The van der Waals surface area contributed by atoms with Crippen molar-refractivity contribution >= 4 is 5.97 Å². The summed E-state index contributed by atoms with van der Waals surface area (Å²) in [4.78, 5) is 12.4. The molecule has 16 atom stereocenters. The first-order valence-corrected chi connectivity index (χ1v) is 18.1. The SMILES string of the molecule is O=C(C=CC1CCC(O)CC1)OCC1(O)COC(OC2C(OC3CC4C(O)CC(O)CC4[OH+]C3C3CCC(O)C(O)C3)OCC(O)C2O)C1O. The summed E-state index contributed by atoms with van der Waals surface area (Å²) in [6.45, 7) is -1.39. The van der Waals surface area contributed by atoms with Crippen LogP contribution in [0.3, 0.4) is 0 Å². The summed E-state index contributed by atoms with van der Waals surface area (Å²) in [5.41, 5.74) is -2.05. The van der Waals surface area contributed by atoms with Gasteiger partial charge in [-0.1, -0.05) is 6.08 Å². The zero-order valence-electron chi connectivity index (χ0n) is 28.1. The lowest BCUT2D eigenvalue weighted by atomic mass is 9.72. The number of hydrogen-bond acceptors (Lipinski definition) is 15. The molecular weight excluding hydrogens is 664 g/mol. The predicted molar refractivity (Wildman–Crippen MR) is 169 cm³/mol. The molecule has 3 saturated carbocycles. The highest BCUT2D eigenvalue weighted by molar-refractivity contribution is 5.82. The number of hydrogen-bond donors (Lipinski definition) is 9. The van der Waals surface area contributed by atoms with Crippen molar-refractivity contribution in [2.75, 3.05) is 19.8 Å². The topological polar surface area (TPSA) is 258 Å². The van der Waals surface area contributed by atoms with Crippen LogP contribution in [0.5, 0.6) is 0 Å². The monoisotopic (exact) mass is 719 g/mol. The maximum atomic E-state index is 12.4. The van der Waals surface area contributed by atoms with E-state index < -0.39 is 98.4 Å². The molecule has 0 aromatic carbocycles. The second-order valence-corrected chi connectivity index (χ2v) is 15.3. The maximum absolute atomic E-state index is 12.4. The van der Waals surface area contributed by atoms with Gasteiger partial charge in [-0.2, -0.15) is 0 Å². The van der Waals surface area contributed by atoms with Gasteiger partial charge in [0.2, 0.25) is 0 Å². The van der Waals surface area contributed by atoms with Crippen molar-refractivity contribution in [1.29, 1.82) is 0 Å². The zero-order valence-corrected chi connectivity index (χ0v) is 28.1. The third-order valence-electron chi connectivity index (χ3n) is 11.6. The van der Waals surface area contributed by atoms with Crippen molar-refractivity contribution in [3.8, 4) is 0 Å². The molecule has 0 aromatic heterocycles. The van der Waals surface area contributed by atoms with E-state index in [2.05, 4.69) is 0 Å². The Morgan fingerprint density at radius 3 is 2.28 bits per heavy atom. The highest BCUT2D eigenvalue weighted by Gasteiger charge is 2.56. The van der Waals surface area contributed by atoms with Crippen LogP contribution < -0.4 is 0 Å². The van der Waals surface area contributed by atoms with Crippen LogP contribution in [-0.2, 0) is 28.5 Å². The Kier molecular flexibility index (Phi) is 12.5. The quantitative estimate of drug-likeness (QED) is 0.0665. The van der Waals surface area contributed by atoms with Crippen molar-refractivity contribution < 1.29 is 79.2 Å². The van der Waals surface area contributed by atoms with Crippen LogP contribution >= 0.6 is 0 Å². The van der Waals surface area contributed by atoms with Crippen LogP contribution in [0.1, 0.15) is 64.2 Å². The van der Waals surface area contributed by atoms with Crippen LogP contribution in [0, 0.1) is 17.8 Å². The first-order valence-electron chi connectivity index (χ1n) is 18.1. The van der Waals surface area contributed by atoms with Gasteiger partial charge in [-0.05, 0) is 57.3 Å². The molecule has 3 aliphatic heterocycles. The number of allylic oxidation sites excluding steroid dienone is 1. The van der Waals surface area contributed by atoms with E-state index in [9.17, 15) is 50.8 Å². The van der Waals surface area contributed by atoms with Gasteiger partial charge in [0, 0.05) is 24.8 Å². The summed E-state index contributed by atoms with van der Waals surface area (Å²) in [6, 6.07) is 0. The van der Waals surface area contributed by atoms with E-state index in [4.69, 9.17) is 28.4 Å². The van der Waals surface area contributed by atoms with Crippen LogP contribution in [0.25, 0.3) is 0 Å². The molecule has 0 amide bonds. The lowest BCUT2D eigenvalue weighted by Gasteiger charge is -2.48. The molecule has 0 aromatic rings. The molecule has 3 heterocycles. The van der Waals surface area contributed by atoms with Crippen LogP contribution in [0.4, 0.5) is 0 Å². The molecule has 0 bridgehead atoms. The molecule has 0 radical (unpaired) electrons. The highest BCUT2D eigenvalue weighted by atomic mass is 16.8. The van der Waals surface area contributed by atoms with Gasteiger partial charge in [-0.15, -0.1) is 0 Å². The second-order valence-electron chi connectivity index (χ2n) is 15.3. The lowest BCUT2D eigenvalue weighted by Crippen LogP contribution is -2.62. The van der Waals surface area contributed by atoms with Gasteiger partial charge < -0.3 is 74.4 Å². The molecule has 16 nitrogen and oxygen atoms in total. The lowest BCUT2D eigenvalue weighted by molar-refractivity contribution is -0.359. The molecule has 6 fully saturated rings. The fourth-order valence-electron chi connectivity index (χ4n) is 8.51. The van der Waals surface area contributed by atoms with Crippen molar-refractivity contribution in [1.82, 2.24) is 0 Å². The number of aliphatic hydroxyl groups is 11. The normalized spacial score (nSPS) is 50.2. The molecule has 16 heteroatoms. The number of ether oxygens (including phenoxy) is 6. The molecule has 6 aliphatic rings. The van der Waals surface area contributed by atoms with Crippen LogP contribution in [-0.4, -0.2) is 168 Å². The molecule has 16 unspecified atom stereocenters. The Hall–Kier alpha value is -1.35. The standard InChI is InChI=1S/C34H54O16/c35-18-5-1-16(2-6-18)3-8-27(41)46-14-34(44)15-47-33(31(34)43)50-30-28(42)24(40)13-45-32(30)49-26-12-20-22(38)10-19(36)11-25(20)48-29(26)17-4-7-21(37)23(39)9-17/h3,8,16-26,28-33,35-40,42-44H,1-2,4-7,9-15H2/p+1. The van der Waals surface area contributed by atoms with E-state index >= 15 is 0 Å². The Balaban J connectivity index is 1.10. The van der Waals surface area contributed by atoms with Crippen molar-refractivity contribution in [2.24, 2.45) is 17.8 Å². The number of aliphatic hydroxyl groups excluding tert-OH is 8. The molecule has 3 aliphatic carbocycles. The third kappa shape index (κ3) is 8.71. The number of fused-ring (bicyclic) bond motifs is 1. The third-order valence-corrected chi connectivity index (χ3v) is 11.6. The molecule has 0 spiro atoms. The van der Waals surface area contributed by atoms with E-state index in [1.807, 2.05) is 0 Å². The molecular formula is C34H55O16+. The Morgan fingerprint density at radius 2 is 1.54 bits per heavy atom. The summed E-state index contributed by atoms with van der Waals surface area (Å²) >= 11 is 0. The van der Waals surface area contributed by atoms with Gasteiger partial charge in [0.15, 0.2) is 30.4 Å². The maximum Gasteiger partial charge on any atom is 0.330 e. The zero-order chi connectivity index (χ0) is 35.7. The number of esters is 1. The molecule has 10 N–H and O–H groups in total. The minimum absolute atomic E-state index is 0.128. The van der Waals surface area contributed by atoms with Crippen molar-refractivity contribution in [3.63, 3.8) is 0 Å². The van der Waals surface area contributed by atoms with Crippen molar-refractivity contribution in [2.45, 2.75) is 156 Å². The van der Waals surface area contributed by atoms with Gasteiger partial charge in [0.05, 0.1) is 49.7 Å². The Morgan fingerprint density at radius 1 is 0.780 bits per heavy atom. The fourth-order valence-corrected chi connectivity index (χ4v) is 8.51. The molecule has 286 valence electrons. The summed E-state index contributed by atoms with van der Waals surface area (Å²) < 4.78 is 34.0. The first-order chi connectivity index (χ1) is 23.8. The molecule has 3 saturated heterocycles. The van der Waals surface area contributed by atoms with Gasteiger partial charge in [-0.25, -0.2) is 4.79 Å². The smallest absolute Gasteiger partial charge is 0.330 e. The van der Waals surface area contributed by atoms with Gasteiger partial charge in [0.1, 0.15) is 37.1 Å². The van der Waals surface area contributed by atoms with E-state index in [0.29, 0.717) is 38.5 Å². The fraction of sp³-hybridized carbons (Fsp3) is 0.912. The summed E-state index contributed by atoms with van der Waals surface area (Å²) in [7, 11) is 0. The van der Waals surface area contributed by atoms with E-state index in [-0.39, 0.29) is 49.4 Å². The Labute approximate surface area is 290 Å². The minimum Gasteiger partial charge on any atom is -0.459 e. The van der Waals surface area contributed by atoms with Gasteiger partial charge in [0.25, 0.3) is 0 Å². The average molecular weight is 720 g/mol. The van der Waals surface area contributed by atoms with Gasteiger partial charge in [-0.3, -0.25) is 0 Å². The van der Waals surface area contributed by atoms with Crippen LogP contribution in [0.2, 0.25) is 0 Å². The van der Waals surface area contributed by atoms with E-state index in [1.54, 1.807) is 6.08 Å². The number of rotatable bonds is 9. The van der Waals surface area contributed by atoms with E-state index in [1.165, 1.54) is 6.08 Å². The summed E-state index contributed by atoms with van der Waals surface area (Å²) in [6.07, 6.45) is -6.38. The second kappa shape index (κ2) is 16.3. The number of carbonyl (C=O) groups is 1. The first kappa shape index (κ1) is 38.4. The van der Waals surface area contributed by atoms with E-state index in [0.717, 1.165) is 12.8 Å². The molecule has 50 heavy (non-hydrogen) atoms. The minimum atomic E-state index is -2.05. The highest BCUT2D eigenvalue weighted by Crippen LogP contribution is 2.42. The van der Waals surface area contributed by atoms with Crippen molar-refractivity contribution in [3.05, 3.63) is 12.2 Å². The van der Waals surface area contributed by atoms with Crippen LogP contribution in [0.15, 0.2) is 12.2 Å². The Bertz CT molecular complexity index is 1150.